The number of H-pyrrole nitrogens is 1. The van der Waals surface area contributed by atoms with Gasteiger partial charge in [-0.25, -0.2) is 14.0 Å². The smallest absolute Gasteiger partial charge is 0.341 e. The molecule has 0 saturated heterocycles. The fourth-order valence-corrected chi connectivity index (χ4v) is 2.02. The molecule has 0 unspecified atom stereocenters. The van der Waals surface area contributed by atoms with Crippen LogP contribution in [0.4, 0.5) is 4.39 Å². The Morgan fingerprint density at radius 1 is 1.47 bits per heavy atom. The molecule has 1 heterocycles. The molecule has 2 rings (SSSR count). The fourth-order valence-electron chi connectivity index (χ4n) is 2.02. The molecule has 1 aromatic heterocycles. The van der Waals surface area contributed by atoms with E-state index in [2.05, 4.69) is 4.98 Å². The molecule has 0 fully saturated rings. The lowest BCUT2D eigenvalue weighted by molar-refractivity contribution is 0.0521. The normalized spacial score (nSPS) is 11.2. The first-order valence-electron chi connectivity index (χ1n) is 6.06. The first kappa shape index (κ1) is 13.3. The Balaban J connectivity index is 2.69. The molecule has 102 valence electrons. The quantitative estimate of drug-likeness (QED) is 0.866. The van der Waals surface area contributed by atoms with Gasteiger partial charge in [0.1, 0.15) is 5.82 Å². The Bertz CT molecular complexity index is 685. The number of rotatable bonds is 3. The van der Waals surface area contributed by atoms with Crippen LogP contribution < -0.4 is 5.69 Å². The second kappa shape index (κ2) is 4.87. The van der Waals surface area contributed by atoms with Crippen LogP contribution in [0.15, 0.2) is 16.9 Å². The van der Waals surface area contributed by atoms with E-state index < -0.39 is 11.8 Å². The Morgan fingerprint density at radius 2 is 2.16 bits per heavy atom. The molecule has 1 aromatic carbocycles. The SMILES string of the molecule is CCOC(=O)c1cc2c(cc1F)[nH]c(=O)n2C(C)C. The van der Waals surface area contributed by atoms with E-state index in [-0.39, 0.29) is 23.9 Å². The van der Waals surface area contributed by atoms with Gasteiger partial charge in [0.05, 0.1) is 23.2 Å². The van der Waals surface area contributed by atoms with E-state index in [0.29, 0.717) is 11.0 Å². The molecule has 0 atom stereocenters. The summed E-state index contributed by atoms with van der Waals surface area (Å²) in [4.78, 5) is 26.0. The third kappa shape index (κ3) is 2.25. The van der Waals surface area contributed by atoms with Crippen molar-refractivity contribution in [1.29, 1.82) is 0 Å². The number of nitrogens with one attached hydrogen (secondary N) is 1. The second-order valence-corrected chi connectivity index (χ2v) is 4.46. The van der Waals surface area contributed by atoms with Crippen LogP contribution in [0.1, 0.15) is 37.2 Å². The van der Waals surface area contributed by atoms with Crippen LogP contribution in [0.3, 0.4) is 0 Å². The van der Waals surface area contributed by atoms with Crippen molar-refractivity contribution < 1.29 is 13.9 Å². The fraction of sp³-hybridized carbons (Fsp3) is 0.385. The summed E-state index contributed by atoms with van der Waals surface area (Å²) >= 11 is 0. The van der Waals surface area contributed by atoms with Gasteiger partial charge < -0.3 is 9.72 Å². The van der Waals surface area contributed by atoms with Gasteiger partial charge in [-0.05, 0) is 26.8 Å². The second-order valence-electron chi connectivity index (χ2n) is 4.46. The van der Waals surface area contributed by atoms with Gasteiger partial charge in [0.25, 0.3) is 0 Å². The molecule has 0 aliphatic heterocycles. The summed E-state index contributed by atoms with van der Waals surface area (Å²) in [6, 6.07) is 2.39. The van der Waals surface area contributed by atoms with Gasteiger partial charge in [-0.3, -0.25) is 4.57 Å². The third-order valence-electron chi connectivity index (χ3n) is 2.82. The number of esters is 1. The summed E-state index contributed by atoms with van der Waals surface area (Å²) in [5.41, 5.74) is 0.363. The van der Waals surface area contributed by atoms with Crippen LogP contribution in [-0.2, 0) is 4.74 Å². The number of benzene rings is 1. The maximum absolute atomic E-state index is 13.8. The minimum Gasteiger partial charge on any atom is -0.462 e. The number of fused-ring (bicyclic) bond motifs is 1. The van der Waals surface area contributed by atoms with Crippen molar-refractivity contribution >= 4 is 17.0 Å². The Hall–Kier alpha value is -2.11. The largest absolute Gasteiger partial charge is 0.462 e. The third-order valence-corrected chi connectivity index (χ3v) is 2.82. The van der Waals surface area contributed by atoms with Crippen molar-refractivity contribution in [3.63, 3.8) is 0 Å². The lowest BCUT2D eigenvalue weighted by Gasteiger charge is -2.08. The Morgan fingerprint density at radius 3 is 2.74 bits per heavy atom. The van der Waals surface area contributed by atoms with Crippen LogP contribution in [0, 0.1) is 5.82 Å². The zero-order valence-corrected chi connectivity index (χ0v) is 11.0. The van der Waals surface area contributed by atoms with Gasteiger partial charge in [0.2, 0.25) is 0 Å². The standard InChI is InChI=1S/C13H15FN2O3/c1-4-19-12(17)8-5-11-10(6-9(8)14)15-13(18)16(11)7(2)3/h5-7H,4H2,1-3H3,(H,15,18). The lowest BCUT2D eigenvalue weighted by Crippen LogP contribution is -2.18. The molecule has 0 amide bonds. The van der Waals surface area contributed by atoms with Gasteiger partial charge in [0.15, 0.2) is 0 Å². The van der Waals surface area contributed by atoms with Crippen LogP contribution in [0.2, 0.25) is 0 Å². The van der Waals surface area contributed by atoms with Gasteiger partial charge in [-0.15, -0.1) is 0 Å². The minimum atomic E-state index is -0.731. The predicted octanol–water partition coefficient (Wildman–Crippen LogP) is 2.23. The molecule has 5 nitrogen and oxygen atoms in total. The van der Waals surface area contributed by atoms with Crippen molar-refractivity contribution in [3.05, 3.63) is 34.0 Å². The number of aromatic nitrogens is 2. The van der Waals surface area contributed by atoms with E-state index in [0.717, 1.165) is 6.07 Å². The number of carbonyl (C=O) groups is 1. The monoisotopic (exact) mass is 266 g/mol. The highest BCUT2D eigenvalue weighted by atomic mass is 19.1. The molecule has 0 bridgehead atoms. The summed E-state index contributed by atoms with van der Waals surface area (Å²) in [6.45, 7) is 5.49. The molecule has 0 radical (unpaired) electrons. The van der Waals surface area contributed by atoms with E-state index >= 15 is 0 Å². The number of halogens is 1. The number of imidazole rings is 1. The summed E-state index contributed by atoms with van der Waals surface area (Å²) in [5.74, 6) is -1.44. The van der Waals surface area contributed by atoms with Crippen LogP contribution >= 0.6 is 0 Å². The van der Waals surface area contributed by atoms with Gasteiger partial charge in [0, 0.05) is 12.1 Å². The molecule has 0 aliphatic rings. The van der Waals surface area contributed by atoms with Crippen LogP contribution in [0.25, 0.3) is 11.0 Å². The average molecular weight is 266 g/mol. The molecule has 19 heavy (non-hydrogen) atoms. The molecule has 0 spiro atoms. The van der Waals surface area contributed by atoms with Crippen molar-refractivity contribution in [2.24, 2.45) is 0 Å². The molecule has 0 aliphatic carbocycles. The van der Waals surface area contributed by atoms with Crippen molar-refractivity contribution in [2.45, 2.75) is 26.8 Å². The molecular formula is C13H15FN2O3. The lowest BCUT2D eigenvalue weighted by atomic mass is 10.2. The van der Waals surface area contributed by atoms with Gasteiger partial charge >= 0.3 is 11.7 Å². The molecule has 1 N–H and O–H groups in total. The Labute approximate surface area is 109 Å². The van der Waals surface area contributed by atoms with E-state index in [1.54, 1.807) is 6.92 Å². The Kier molecular flexibility index (Phi) is 3.42. The van der Waals surface area contributed by atoms with Crippen molar-refractivity contribution in [3.8, 4) is 0 Å². The maximum atomic E-state index is 13.8. The number of ether oxygens (including phenoxy) is 1. The maximum Gasteiger partial charge on any atom is 0.341 e. The van der Waals surface area contributed by atoms with Gasteiger partial charge in [-0.2, -0.15) is 0 Å². The van der Waals surface area contributed by atoms with E-state index in [4.69, 9.17) is 4.74 Å². The first-order chi connectivity index (χ1) is 8.95. The van der Waals surface area contributed by atoms with Gasteiger partial charge in [-0.1, -0.05) is 0 Å². The zero-order chi connectivity index (χ0) is 14.2. The highest BCUT2D eigenvalue weighted by Crippen LogP contribution is 2.20. The number of hydrogen-bond donors (Lipinski definition) is 1. The zero-order valence-electron chi connectivity index (χ0n) is 11.0. The molecule has 6 heteroatoms. The number of hydrogen-bond acceptors (Lipinski definition) is 3. The summed E-state index contributed by atoms with van der Waals surface area (Å²) in [7, 11) is 0. The topological polar surface area (TPSA) is 64.1 Å². The van der Waals surface area contributed by atoms with Crippen molar-refractivity contribution in [1.82, 2.24) is 9.55 Å². The molecule has 2 aromatic rings. The summed E-state index contributed by atoms with van der Waals surface area (Å²) in [6.07, 6.45) is 0. The number of nitrogens with zero attached hydrogens (tertiary/aromatic N) is 1. The number of carbonyl (C=O) groups excluding carboxylic acids is 1. The average Bonchev–Trinajstić information content (AvgIpc) is 2.63. The number of aromatic amines is 1. The summed E-state index contributed by atoms with van der Waals surface area (Å²) < 4.78 is 20.1. The molecule has 0 saturated carbocycles. The van der Waals surface area contributed by atoms with E-state index in [1.165, 1.54) is 10.6 Å². The van der Waals surface area contributed by atoms with E-state index in [9.17, 15) is 14.0 Å². The first-order valence-corrected chi connectivity index (χ1v) is 6.06. The highest BCUT2D eigenvalue weighted by Gasteiger charge is 2.18. The predicted molar refractivity (Wildman–Crippen MR) is 68.9 cm³/mol. The minimum absolute atomic E-state index is 0.0956. The molecular weight excluding hydrogens is 251 g/mol. The van der Waals surface area contributed by atoms with Crippen LogP contribution in [-0.4, -0.2) is 22.1 Å². The highest BCUT2D eigenvalue weighted by molar-refractivity contribution is 5.94. The van der Waals surface area contributed by atoms with E-state index in [1.807, 2.05) is 13.8 Å². The van der Waals surface area contributed by atoms with Crippen molar-refractivity contribution in [2.75, 3.05) is 6.61 Å². The van der Waals surface area contributed by atoms with Crippen LogP contribution in [0.5, 0.6) is 0 Å². The summed E-state index contributed by atoms with van der Waals surface area (Å²) in [5, 5.41) is 0.